The van der Waals surface area contributed by atoms with Crippen LogP contribution in [0, 0.1) is 0 Å². The Balaban J connectivity index is 0.941. The summed E-state index contributed by atoms with van der Waals surface area (Å²) in [4.78, 5) is 70.9. The Kier molecular flexibility index (Phi) is 11.7. The summed E-state index contributed by atoms with van der Waals surface area (Å²) in [6, 6.07) is 20.1. The van der Waals surface area contributed by atoms with Gasteiger partial charge in [0.1, 0.15) is 23.7 Å². The second kappa shape index (κ2) is 17.4. The van der Waals surface area contributed by atoms with Crippen LogP contribution >= 0.6 is 11.3 Å². The number of amides is 4. The predicted octanol–water partition coefficient (Wildman–Crippen LogP) is 6.88. The van der Waals surface area contributed by atoms with Gasteiger partial charge in [-0.2, -0.15) is 11.3 Å². The molecular weight excluding hydrogens is 785 g/mol. The number of imidazole rings is 2. The smallest absolute Gasteiger partial charge is 0.407 e. The van der Waals surface area contributed by atoms with Gasteiger partial charge < -0.3 is 45.0 Å². The predicted molar refractivity (Wildman–Crippen MR) is 226 cm³/mol. The zero-order valence-corrected chi connectivity index (χ0v) is 34.2. The van der Waals surface area contributed by atoms with Crippen LogP contribution in [0.4, 0.5) is 9.59 Å². The van der Waals surface area contributed by atoms with Gasteiger partial charge in [-0.25, -0.2) is 19.6 Å². The van der Waals surface area contributed by atoms with Gasteiger partial charge in [0.15, 0.2) is 0 Å². The van der Waals surface area contributed by atoms with Crippen molar-refractivity contribution in [3.8, 4) is 33.6 Å². The molecule has 2 aliphatic rings. The quantitative estimate of drug-likeness (QED) is 0.0926. The number of nitrogens with one attached hydrogen (secondary N) is 4. The number of fused-ring (bicyclic) bond motifs is 1. The van der Waals surface area contributed by atoms with Crippen molar-refractivity contribution in [2.24, 2.45) is 0 Å². The van der Waals surface area contributed by atoms with Gasteiger partial charge in [0.05, 0.1) is 56.2 Å². The molecule has 0 radical (unpaired) electrons. The number of aromatic nitrogens is 4. The second-order valence-electron chi connectivity index (χ2n) is 15.1. The van der Waals surface area contributed by atoms with E-state index < -0.39 is 30.4 Å². The van der Waals surface area contributed by atoms with Gasteiger partial charge in [-0.05, 0) is 94.6 Å². The van der Waals surface area contributed by atoms with Gasteiger partial charge in [0.2, 0.25) is 5.91 Å². The van der Waals surface area contributed by atoms with Crippen molar-refractivity contribution >= 4 is 46.1 Å². The summed E-state index contributed by atoms with van der Waals surface area (Å²) in [5, 5.41) is 21.3. The lowest BCUT2D eigenvalue weighted by atomic mass is 9.98. The number of methoxy groups -OCH3 is 2. The van der Waals surface area contributed by atoms with Gasteiger partial charge in [-0.1, -0.05) is 48.5 Å². The van der Waals surface area contributed by atoms with E-state index in [1.165, 1.54) is 32.5 Å². The Bertz CT molecular complexity index is 2500. The number of aromatic amines is 2. The van der Waals surface area contributed by atoms with Gasteiger partial charge in [0, 0.05) is 18.7 Å². The van der Waals surface area contributed by atoms with E-state index in [-0.39, 0.29) is 23.9 Å². The van der Waals surface area contributed by atoms with E-state index in [0.717, 1.165) is 63.7 Å². The van der Waals surface area contributed by atoms with Crippen molar-refractivity contribution in [1.82, 2.24) is 40.4 Å². The van der Waals surface area contributed by atoms with Crippen molar-refractivity contribution in [2.75, 3.05) is 27.3 Å². The molecule has 8 rings (SSSR count). The molecule has 2 saturated heterocycles. The number of aliphatic hydroxyl groups is 1. The molecule has 2 fully saturated rings. The van der Waals surface area contributed by atoms with E-state index >= 15 is 0 Å². The minimum absolute atomic E-state index is 0.201. The number of hydrogen-bond donors (Lipinski definition) is 5. The van der Waals surface area contributed by atoms with Gasteiger partial charge in [-0.15, -0.1) is 0 Å². The minimum atomic E-state index is -1.13. The molecule has 5 N–H and O–H groups in total. The Morgan fingerprint density at radius 3 is 1.85 bits per heavy atom. The molecule has 3 aromatic carbocycles. The number of benzene rings is 3. The molecule has 5 heterocycles. The lowest BCUT2D eigenvalue weighted by Gasteiger charge is -2.29. The van der Waals surface area contributed by atoms with E-state index in [2.05, 4.69) is 84.9 Å². The van der Waals surface area contributed by atoms with Crippen molar-refractivity contribution in [2.45, 2.75) is 62.9 Å². The fraction of sp³-hybridized carbons (Fsp3) is 0.318. The summed E-state index contributed by atoms with van der Waals surface area (Å²) in [5.74, 6) is 0.758. The number of carbonyl (C=O) groups excluding carboxylic acids is 4. The monoisotopic (exact) mass is 830 g/mol. The summed E-state index contributed by atoms with van der Waals surface area (Å²) < 4.78 is 9.47. The molecule has 5 atom stereocenters. The number of aliphatic hydroxyl groups excluding tert-OH is 1. The zero-order chi connectivity index (χ0) is 41.9. The first kappa shape index (κ1) is 40.3. The highest BCUT2D eigenvalue weighted by molar-refractivity contribution is 7.08. The van der Waals surface area contributed by atoms with Crippen LogP contribution in [0.1, 0.15) is 67.9 Å². The molecule has 0 spiro atoms. The molecular formula is C44H46N8O7S. The summed E-state index contributed by atoms with van der Waals surface area (Å²) in [6.07, 6.45) is 4.05. The summed E-state index contributed by atoms with van der Waals surface area (Å²) in [6.45, 7) is 2.50. The molecule has 16 heteroatoms. The van der Waals surface area contributed by atoms with Crippen LogP contribution < -0.4 is 10.6 Å². The van der Waals surface area contributed by atoms with Gasteiger partial charge in [0.25, 0.3) is 5.91 Å². The lowest BCUT2D eigenvalue weighted by molar-refractivity contribution is -0.137. The zero-order valence-electron chi connectivity index (χ0n) is 33.4. The third-order valence-corrected chi connectivity index (χ3v) is 12.1. The average Bonchev–Trinajstić information content (AvgIpc) is 4.13. The van der Waals surface area contributed by atoms with Crippen molar-refractivity contribution < 1.29 is 33.8 Å². The van der Waals surface area contributed by atoms with Gasteiger partial charge >= 0.3 is 12.2 Å². The Morgan fingerprint density at radius 1 is 0.733 bits per heavy atom. The van der Waals surface area contributed by atoms with Crippen molar-refractivity contribution in [3.63, 3.8) is 0 Å². The van der Waals surface area contributed by atoms with Crippen LogP contribution in [0.3, 0.4) is 0 Å². The fourth-order valence-electron chi connectivity index (χ4n) is 8.19. The van der Waals surface area contributed by atoms with E-state index in [4.69, 9.17) is 9.72 Å². The topological polar surface area (TPSA) is 195 Å². The SMILES string of the molecule is COC(=O)N[C@H](C(=O)N1CCC[C@H]1c1ncc(-c2ccc3cc(-c4ccc(-c5cnc([C@@H]6CCCN6C(=O)[C@H](NC(=O)OC)c6ccsc6)[nH]5)cc4)ccc3c2)[nH]1)C(C)O. The van der Waals surface area contributed by atoms with Gasteiger partial charge in [-0.3, -0.25) is 9.59 Å². The number of thiophene rings is 1. The van der Waals surface area contributed by atoms with Crippen LogP contribution in [-0.4, -0.2) is 98.3 Å². The first-order chi connectivity index (χ1) is 29.1. The molecule has 0 aliphatic carbocycles. The molecule has 2 aliphatic heterocycles. The molecule has 3 aromatic heterocycles. The molecule has 4 amide bonds. The average molecular weight is 831 g/mol. The first-order valence-corrected chi connectivity index (χ1v) is 20.8. The third-order valence-electron chi connectivity index (χ3n) is 11.4. The molecule has 6 aromatic rings. The normalized spacial score (nSPS) is 17.9. The molecule has 0 saturated carbocycles. The lowest BCUT2D eigenvalue weighted by Crippen LogP contribution is -2.53. The highest BCUT2D eigenvalue weighted by Crippen LogP contribution is 2.36. The molecule has 0 bridgehead atoms. The Hall–Kier alpha value is -6.52. The number of nitrogens with zero attached hydrogens (tertiary/aromatic N) is 4. The highest BCUT2D eigenvalue weighted by Gasteiger charge is 2.39. The molecule has 310 valence electrons. The number of carbonyl (C=O) groups is 4. The Labute approximate surface area is 350 Å². The van der Waals surface area contributed by atoms with E-state index in [1.807, 2.05) is 22.9 Å². The number of likely N-dealkylation sites (tertiary alicyclic amines) is 2. The van der Waals surface area contributed by atoms with Crippen molar-refractivity contribution in [1.29, 1.82) is 0 Å². The maximum atomic E-state index is 13.8. The summed E-state index contributed by atoms with van der Waals surface area (Å²) in [5.41, 5.74) is 6.42. The number of ether oxygens (including phenoxy) is 2. The van der Waals surface area contributed by atoms with E-state index in [9.17, 15) is 24.3 Å². The van der Waals surface area contributed by atoms with Crippen LogP contribution in [-0.2, 0) is 19.1 Å². The van der Waals surface area contributed by atoms with E-state index in [1.54, 1.807) is 22.2 Å². The Morgan fingerprint density at radius 2 is 1.27 bits per heavy atom. The number of alkyl carbamates (subject to hydrolysis) is 2. The molecule has 1 unspecified atom stereocenters. The standard InChI is InChI=1S/C44H46N8O7S/c1-25(53)37(49-43(56)58-2)41(54)51-17-4-6-35(51)40-46-23-34(48-40)31-15-14-29-20-28(12-13-30(29)21-31)26-8-10-27(11-9-26)33-22-45-39(47-33)36-7-5-18-52(36)42(55)38(50-44(57)59-3)32-16-19-60-24-32/h8-16,19-25,35-38,53H,4-7,17-18H2,1-3H3,(H,45,47)(H,46,48)(H,49,56)(H,50,57)/t25?,35-,36-,37-,38+/m0/s1. The second-order valence-corrected chi connectivity index (χ2v) is 15.9. The largest absolute Gasteiger partial charge is 0.453 e. The maximum Gasteiger partial charge on any atom is 0.407 e. The van der Waals surface area contributed by atoms with Crippen LogP contribution in [0.2, 0.25) is 0 Å². The highest BCUT2D eigenvalue weighted by atomic mass is 32.1. The third kappa shape index (κ3) is 8.20. The maximum absolute atomic E-state index is 13.8. The first-order valence-electron chi connectivity index (χ1n) is 19.9. The number of rotatable bonds is 11. The number of hydrogen-bond acceptors (Lipinski definition) is 10. The summed E-state index contributed by atoms with van der Waals surface area (Å²) >= 11 is 1.46. The van der Waals surface area contributed by atoms with Crippen LogP contribution in [0.15, 0.2) is 89.9 Å². The van der Waals surface area contributed by atoms with Crippen molar-refractivity contribution in [3.05, 3.63) is 107 Å². The summed E-state index contributed by atoms with van der Waals surface area (Å²) in [7, 11) is 2.49. The molecule has 60 heavy (non-hydrogen) atoms. The number of H-pyrrole nitrogens is 2. The van der Waals surface area contributed by atoms with E-state index in [0.29, 0.717) is 36.7 Å². The fourth-order valence-corrected chi connectivity index (χ4v) is 8.88. The van der Waals surface area contributed by atoms with Crippen LogP contribution in [0.25, 0.3) is 44.4 Å². The minimum Gasteiger partial charge on any atom is -0.453 e. The molecule has 15 nitrogen and oxygen atoms in total. The van der Waals surface area contributed by atoms with Crippen LogP contribution in [0.5, 0.6) is 0 Å².